The Morgan fingerprint density at radius 1 is 1.00 bits per heavy atom. The maximum Gasteiger partial charge on any atom is 0.387 e. The van der Waals surface area contributed by atoms with Crippen molar-refractivity contribution in [3.8, 4) is 39.4 Å². The highest BCUT2D eigenvalue weighted by molar-refractivity contribution is 6.31. The number of nitrogens with zero attached hydrogens (tertiary/aromatic N) is 5. The third-order valence-corrected chi connectivity index (χ3v) is 8.19. The second-order valence-electron chi connectivity index (χ2n) is 11.0. The molecule has 2 bridgehead atoms. The lowest BCUT2D eigenvalue weighted by atomic mass is 9.96. The van der Waals surface area contributed by atoms with Crippen LogP contribution in [-0.2, 0) is 11.8 Å². The number of fused-ring (bicyclic) bond motifs is 4. The van der Waals surface area contributed by atoms with Crippen molar-refractivity contribution in [2.75, 3.05) is 5.32 Å². The van der Waals surface area contributed by atoms with Crippen LogP contribution in [-0.4, -0.2) is 36.8 Å². The van der Waals surface area contributed by atoms with Crippen LogP contribution in [0.15, 0.2) is 84.2 Å². The number of aromatic nitrogens is 5. The van der Waals surface area contributed by atoms with Gasteiger partial charge in [-0.2, -0.15) is 13.9 Å². The van der Waals surface area contributed by atoms with Gasteiger partial charge < -0.3 is 10.1 Å². The topological polar surface area (TPSA) is 104 Å². The van der Waals surface area contributed by atoms with Crippen molar-refractivity contribution < 1.29 is 18.3 Å². The normalized spacial score (nSPS) is 16.8. The molecule has 2 atom stereocenters. The number of amides is 1. The SMILES string of the molecule is C[C@@H]1CCC[C@H](n2cnc(-c3cc(Cl)ccc3-c3cccc(OC(F)F)c3)cc2=O)c2cc(ccn2)-c2c(cnn2C)NC1=O. The molecule has 9 nitrogen and oxygen atoms in total. The van der Waals surface area contributed by atoms with Crippen molar-refractivity contribution in [1.82, 2.24) is 24.3 Å². The number of nitrogens with one attached hydrogen (secondary N) is 1. The van der Waals surface area contributed by atoms with Crippen LogP contribution in [0.25, 0.3) is 33.6 Å². The number of hydrogen-bond acceptors (Lipinski definition) is 6. The highest BCUT2D eigenvalue weighted by Crippen LogP contribution is 2.36. The molecule has 0 saturated carbocycles. The summed E-state index contributed by atoms with van der Waals surface area (Å²) < 4.78 is 33.6. The smallest absolute Gasteiger partial charge is 0.387 e. The quantitative estimate of drug-likeness (QED) is 0.225. The maximum absolute atomic E-state index is 13.8. The van der Waals surface area contributed by atoms with Crippen molar-refractivity contribution in [2.24, 2.45) is 13.0 Å². The number of alkyl halides is 2. The standard InChI is InChI=1S/C33H29ClF2N6O3/c1-19-5-3-8-29(27-14-21(11-12-37-27)31-28(40-32(19)44)17-39-41(31)2)42-18-38-26(16-30(42)43)25-15-22(34)9-10-24(25)20-6-4-7-23(13-20)45-33(35)36/h4,6-7,9-19,29,33H,3,5,8H2,1-2H3,(H,40,44)/t19-,29+/m1/s1. The fourth-order valence-electron chi connectivity index (χ4n) is 5.69. The fraction of sp³-hybridized carbons (Fsp3) is 0.242. The fourth-order valence-corrected chi connectivity index (χ4v) is 5.87. The lowest BCUT2D eigenvalue weighted by molar-refractivity contribution is -0.119. The zero-order chi connectivity index (χ0) is 31.7. The summed E-state index contributed by atoms with van der Waals surface area (Å²) in [6.07, 6.45) is 6.62. The van der Waals surface area contributed by atoms with E-state index in [-0.39, 0.29) is 23.1 Å². The third-order valence-electron chi connectivity index (χ3n) is 7.95. The van der Waals surface area contributed by atoms with Gasteiger partial charge in [-0.1, -0.05) is 43.1 Å². The molecule has 0 fully saturated rings. The monoisotopic (exact) mass is 630 g/mol. The van der Waals surface area contributed by atoms with Gasteiger partial charge in [-0.15, -0.1) is 0 Å². The molecule has 3 aromatic heterocycles. The van der Waals surface area contributed by atoms with Crippen LogP contribution in [0, 0.1) is 5.92 Å². The van der Waals surface area contributed by atoms with Crippen LogP contribution in [0.4, 0.5) is 14.5 Å². The Balaban J connectivity index is 1.41. The number of aryl methyl sites for hydroxylation is 1. The summed E-state index contributed by atoms with van der Waals surface area (Å²) in [5, 5.41) is 7.78. The number of pyridine rings is 1. The molecule has 1 aliphatic rings. The number of ether oxygens (including phenoxy) is 1. The number of halogens is 3. The second kappa shape index (κ2) is 12.6. The molecule has 45 heavy (non-hydrogen) atoms. The van der Waals surface area contributed by atoms with Crippen LogP contribution in [0.1, 0.15) is 37.9 Å². The minimum absolute atomic E-state index is 0.00838. The Kier molecular flexibility index (Phi) is 8.44. The minimum atomic E-state index is -2.96. The van der Waals surface area contributed by atoms with E-state index in [0.717, 1.165) is 11.3 Å². The second-order valence-corrected chi connectivity index (χ2v) is 11.4. The molecule has 4 heterocycles. The summed E-state index contributed by atoms with van der Waals surface area (Å²) in [6, 6.07) is 16.2. The number of carbonyl (C=O) groups is 1. The zero-order valence-electron chi connectivity index (χ0n) is 24.5. The molecule has 230 valence electrons. The van der Waals surface area contributed by atoms with Crippen LogP contribution >= 0.6 is 11.6 Å². The largest absolute Gasteiger partial charge is 0.435 e. The Bertz CT molecular complexity index is 1940. The van der Waals surface area contributed by atoms with Crippen molar-refractivity contribution in [1.29, 1.82) is 0 Å². The summed E-state index contributed by atoms with van der Waals surface area (Å²) in [4.78, 5) is 36.1. The molecular formula is C33H29ClF2N6O3. The van der Waals surface area contributed by atoms with E-state index in [1.807, 2.05) is 19.1 Å². The lowest BCUT2D eigenvalue weighted by Gasteiger charge is -2.22. The minimum Gasteiger partial charge on any atom is -0.435 e. The average molecular weight is 631 g/mol. The molecule has 0 unspecified atom stereocenters. The van der Waals surface area contributed by atoms with Gasteiger partial charge >= 0.3 is 6.61 Å². The summed E-state index contributed by atoms with van der Waals surface area (Å²) >= 11 is 6.36. The summed E-state index contributed by atoms with van der Waals surface area (Å²) in [5.41, 5.74) is 4.67. The predicted octanol–water partition coefficient (Wildman–Crippen LogP) is 6.98. The van der Waals surface area contributed by atoms with Gasteiger partial charge in [-0.3, -0.25) is 23.8 Å². The maximum atomic E-state index is 13.8. The highest BCUT2D eigenvalue weighted by atomic mass is 35.5. The molecule has 2 aromatic carbocycles. The van der Waals surface area contributed by atoms with Crippen molar-refractivity contribution in [2.45, 2.75) is 38.8 Å². The molecule has 0 spiro atoms. The first-order valence-corrected chi connectivity index (χ1v) is 14.8. The Hall–Kier alpha value is -4.90. The molecule has 6 rings (SSSR count). The van der Waals surface area contributed by atoms with Gasteiger partial charge in [0.05, 0.1) is 41.3 Å². The molecule has 0 radical (unpaired) electrons. The summed E-state index contributed by atoms with van der Waals surface area (Å²) in [6.45, 7) is -1.08. The van der Waals surface area contributed by atoms with Crippen LogP contribution in [0.3, 0.4) is 0 Å². The molecule has 0 aliphatic carbocycles. The van der Waals surface area contributed by atoms with Gasteiger partial charge in [0, 0.05) is 41.4 Å². The molecule has 12 heteroatoms. The van der Waals surface area contributed by atoms with Crippen LogP contribution < -0.4 is 15.6 Å². The van der Waals surface area contributed by atoms with Crippen LogP contribution in [0.2, 0.25) is 5.02 Å². The first-order chi connectivity index (χ1) is 21.7. The molecule has 1 amide bonds. The van der Waals surface area contributed by atoms with E-state index >= 15 is 0 Å². The number of anilines is 1. The predicted molar refractivity (Wildman–Crippen MR) is 167 cm³/mol. The van der Waals surface area contributed by atoms with E-state index in [1.165, 1.54) is 24.5 Å². The van der Waals surface area contributed by atoms with E-state index < -0.39 is 12.7 Å². The van der Waals surface area contributed by atoms with E-state index in [0.29, 0.717) is 58.1 Å². The highest BCUT2D eigenvalue weighted by Gasteiger charge is 2.24. The first-order valence-electron chi connectivity index (χ1n) is 14.4. The van der Waals surface area contributed by atoms with Gasteiger partial charge in [0.25, 0.3) is 5.56 Å². The van der Waals surface area contributed by atoms with Gasteiger partial charge in [0.1, 0.15) is 5.75 Å². The van der Waals surface area contributed by atoms with Gasteiger partial charge in [-0.25, -0.2) is 4.98 Å². The van der Waals surface area contributed by atoms with Gasteiger partial charge in [0.15, 0.2) is 0 Å². The van der Waals surface area contributed by atoms with Gasteiger partial charge in [-0.05, 0) is 60.4 Å². The third kappa shape index (κ3) is 6.34. The number of benzene rings is 2. The van der Waals surface area contributed by atoms with Crippen molar-refractivity contribution in [3.63, 3.8) is 0 Å². The summed E-state index contributed by atoms with van der Waals surface area (Å²) in [5.74, 6) is -0.343. The van der Waals surface area contributed by atoms with Crippen LogP contribution in [0.5, 0.6) is 5.75 Å². The zero-order valence-corrected chi connectivity index (χ0v) is 25.2. The van der Waals surface area contributed by atoms with Gasteiger partial charge in [0.2, 0.25) is 5.91 Å². The van der Waals surface area contributed by atoms with E-state index in [2.05, 4.69) is 25.1 Å². The molecule has 0 saturated heterocycles. The summed E-state index contributed by atoms with van der Waals surface area (Å²) in [7, 11) is 1.80. The number of rotatable bonds is 5. The number of hydrogen-bond donors (Lipinski definition) is 1. The van der Waals surface area contributed by atoms with E-state index in [4.69, 9.17) is 11.6 Å². The lowest BCUT2D eigenvalue weighted by Crippen LogP contribution is -2.27. The Morgan fingerprint density at radius 3 is 2.64 bits per heavy atom. The Labute approximate surface area is 262 Å². The van der Waals surface area contributed by atoms with Crippen molar-refractivity contribution in [3.05, 3.63) is 100 Å². The first kappa shape index (κ1) is 30.1. The van der Waals surface area contributed by atoms with E-state index in [9.17, 15) is 18.4 Å². The molecule has 5 aromatic rings. The van der Waals surface area contributed by atoms with E-state index in [1.54, 1.807) is 59.0 Å². The molecule has 1 aliphatic heterocycles. The Morgan fingerprint density at radius 2 is 1.84 bits per heavy atom. The molecular weight excluding hydrogens is 602 g/mol. The average Bonchev–Trinajstić information content (AvgIpc) is 3.38. The molecule has 1 N–H and O–H groups in total. The van der Waals surface area contributed by atoms with Crippen molar-refractivity contribution >= 4 is 23.2 Å². The number of carbonyl (C=O) groups excluding carboxylic acids is 1.